The van der Waals surface area contributed by atoms with Gasteiger partial charge in [-0.25, -0.2) is 0 Å². The Balaban J connectivity index is 1.62. The van der Waals surface area contributed by atoms with Gasteiger partial charge in [0.05, 0.1) is 11.9 Å². The van der Waals surface area contributed by atoms with E-state index in [0.29, 0.717) is 11.4 Å². The van der Waals surface area contributed by atoms with E-state index >= 15 is 0 Å². The summed E-state index contributed by atoms with van der Waals surface area (Å²) < 4.78 is 5.75. The van der Waals surface area contributed by atoms with Gasteiger partial charge in [-0.3, -0.25) is 0 Å². The minimum Gasteiger partial charge on any atom is -0.469 e. The average molecular weight is 429 g/mol. The molecule has 3 unspecified atom stereocenters. The van der Waals surface area contributed by atoms with Crippen molar-refractivity contribution in [2.75, 3.05) is 39.8 Å². The normalized spacial score (nSPS) is 29.1. The summed E-state index contributed by atoms with van der Waals surface area (Å²) >= 11 is 6.10. The number of hydrogen-bond donors (Lipinski definition) is 1. The molecule has 2 aromatic rings. The van der Waals surface area contributed by atoms with Gasteiger partial charge in [-0.05, 0) is 55.3 Å². The van der Waals surface area contributed by atoms with Crippen molar-refractivity contribution in [3.05, 3.63) is 71.2 Å². The fourth-order valence-corrected chi connectivity index (χ4v) is 5.23. The van der Waals surface area contributed by atoms with Crippen molar-refractivity contribution in [2.24, 2.45) is 5.92 Å². The van der Waals surface area contributed by atoms with E-state index in [4.69, 9.17) is 16.0 Å². The number of benzene rings is 1. The molecule has 1 saturated heterocycles. The van der Waals surface area contributed by atoms with Crippen LogP contribution in [0.5, 0.6) is 0 Å². The van der Waals surface area contributed by atoms with Crippen LogP contribution >= 0.6 is 11.6 Å². The molecule has 4 nitrogen and oxygen atoms in total. The first-order valence-corrected chi connectivity index (χ1v) is 11.4. The number of piperazine rings is 1. The number of halogens is 1. The van der Waals surface area contributed by atoms with Crippen molar-refractivity contribution < 1.29 is 9.52 Å². The lowest BCUT2D eigenvalue weighted by molar-refractivity contribution is -0.00842. The third kappa shape index (κ3) is 4.67. The molecule has 0 radical (unpaired) electrons. The number of rotatable bonds is 5. The van der Waals surface area contributed by atoms with Gasteiger partial charge in [-0.15, -0.1) is 0 Å². The Morgan fingerprint density at radius 1 is 1.13 bits per heavy atom. The number of furan rings is 1. The molecule has 0 amide bonds. The Kier molecular flexibility index (Phi) is 6.69. The van der Waals surface area contributed by atoms with Crippen LogP contribution in [0.2, 0.25) is 5.02 Å². The van der Waals surface area contributed by atoms with Gasteiger partial charge in [0.2, 0.25) is 0 Å². The Hall–Kier alpha value is -1.59. The highest BCUT2D eigenvalue weighted by molar-refractivity contribution is 6.30. The topological polar surface area (TPSA) is 39.9 Å². The predicted octanol–water partition coefficient (Wildman–Crippen LogP) is 4.59. The minimum absolute atomic E-state index is 0.0507. The largest absolute Gasteiger partial charge is 0.469 e. The van der Waals surface area contributed by atoms with Crippen LogP contribution in [0, 0.1) is 5.92 Å². The Morgan fingerprint density at radius 3 is 2.53 bits per heavy atom. The van der Waals surface area contributed by atoms with Gasteiger partial charge in [-0.1, -0.05) is 36.7 Å². The summed E-state index contributed by atoms with van der Waals surface area (Å²) in [6, 6.07) is 11.8. The third-order valence-electron chi connectivity index (χ3n) is 7.05. The van der Waals surface area contributed by atoms with Crippen molar-refractivity contribution in [3.8, 4) is 0 Å². The van der Waals surface area contributed by atoms with Crippen LogP contribution in [0.25, 0.3) is 0 Å². The molecule has 2 heterocycles. The molecule has 1 aliphatic heterocycles. The first kappa shape index (κ1) is 21.6. The van der Waals surface area contributed by atoms with Crippen LogP contribution in [0.4, 0.5) is 0 Å². The maximum atomic E-state index is 12.2. The summed E-state index contributed by atoms with van der Waals surface area (Å²) in [6.07, 6.45) is 5.29. The quantitative estimate of drug-likeness (QED) is 0.558. The summed E-state index contributed by atoms with van der Waals surface area (Å²) in [4.78, 5) is 4.88. The number of likely N-dealkylation sites (N-methyl/N-ethyl adjacent to an activating group) is 1. The fraction of sp³-hybridized carbons (Fsp3) is 0.520. The van der Waals surface area contributed by atoms with Crippen LogP contribution in [0.3, 0.4) is 0 Å². The molecule has 1 N–H and O–H groups in total. The first-order valence-electron chi connectivity index (χ1n) is 11.1. The maximum Gasteiger partial charge on any atom is 0.110 e. The van der Waals surface area contributed by atoms with Gasteiger partial charge < -0.3 is 19.3 Å². The molecule has 1 saturated carbocycles. The second kappa shape index (κ2) is 9.27. The minimum atomic E-state index is -0.981. The summed E-state index contributed by atoms with van der Waals surface area (Å²) in [5, 5.41) is 13.0. The van der Waals surface area contributed by atoms with Gasteiger partial charge >= 0.3 is 0 Å². The van der Waals surface area contributed by atoms with Crippen LogP contribution in [-0.4, -0.2) is 60.3 Å². The highest BCUT2D eigenvalue weighted by Gasteiger charge is 2.45. The second-order valence-corrected chi connectivity index (χ2v) is 9.49. The number of hydrogen-bond acceptors (Lipinski definition) is 4. The summed E-state index contributed by atoms with van der Waals surface area (Å²) in [6.45, 7) is 9.65. The zero-order valence-electron chi connectivity index (χ0n) is 17.9. The van der Waals surface area contributed by atoms with E-state index in [-0.39, 0.29) is 11.8 Å². The molecule has 5 heteroatoms. The van der Waals surface area contributed by atoms with E-state index in [1.807, 2.05) is 36.4 Å². The number of nitrogens with zero attached hydrogens (tertiary/aromatic N) is 2. The molecule has 162 valence electrons. The van der Waals surface area contributed by atoms with Crippen molar-refractivity contribution in [1.29, 1.82) is 0 Å². The highest BCUT2D eigenvalue weighted by Crippen LogP contribution is 2.45. The molecule has 2 aliphatic rings. The molecule has 3 atom stereocenters. The van der Waals surface area contributed by atoms with Gasteiger partial charge in [0, 0.05) is 56.0 Å². The first-order chi connectivity index (χ1) is 14.5. The summed E-state index contributed by atoms with van der Waals surface area (Å²) in [7, 11) is 2.18. The molecule has 30 heavy (non-hydrogen) atoms. The zero-order valence-corrected chi connectivity index (χ0v) is 18.7. The van der Waals surface area contributed by atoms with Crippen LogP contribution in [0.1, 0.15) is 36.5 Å². The molecular formula is C25H33ClN2O2. The predicted molar refractivity (Wildman–Crippen MR) is 122 cm³/mol. The van der Waals surface area contributed by atoms with E-state index in [0.717, 1.165) is 68.9 Å². The SMILES string of the molecule is C=C1C(c2ccco2)CCCC(CN2CCN(C)CC2)C1(O)Cc1ccc(Cl)cc1. The van der Waals surface area contributed by atoms with E-state index < -0.39 is 5.60 Å². The van der Waals surface area contributed by atoms with Crippen LogP contribution < -0.4 is 0 Å². The smallest absolute Gasteiger partial charge is 0.110 e. The van der Waals surface area contributed by atoms with Crippen molar-refractivity contribution in [1.82, 2.24) is 9.80 Å². The lowest BCUT2D eigenvalue weighted by Gasteiger charge is -2.42. The lowest BCUT2D eigenvalue weighted by atomic mass is 9.73. The van der Waals surface area contributed by atoms with E-state index in [2.05, 4.69) is 23.4 Å². The van der Waals surface area contributed by atoms with Crippen LogP contribution in [-0.2, 0) is 6.42 Å². The summed E-state index contributed by atoms with van der Waals surface area (Å²) in [5.41, 5.74) is 1.00. The Labute approximate surface area is 185 Å². The zero-order chi connectivity index (χ0) is 21.1. The van der Waals surface area contributed by atoms with E-state index in [1.54, 1.807) is 6.26 Å². The Bertz CT molecular complexity index is 827. The van der Waals surface area contributed by atoms with Gasteiger partial charge in [0.25, 0.3) is 0 Å². The second-order valence-electron chi connectivity index (χ2n) is 9.05. The van der Waals surface area contributed by atoms with Gasteiger partial charge in [-0.2, -0.15) is 0 Å². The van der Waals surface area contributed by atoms with Crippen molar-refractivity contribution >= 4 is 11.6 Å². The monoisotopic (exact) mass is 428 g/mol. The van der Waals surface area contributed by atoms with Crippen molar-refractivity contribution in [3.63, 3.8) is 0 Å². The molecule has 1 aliphatic carbocycles. The molecule has 2 fully saturated rings. The number of aliphatic hydroxyl groups is 1. The van der Waals surface area contributed by atoms with Gasteiger partial charge in [0.1, 0.15) is 5.76 Å². The van der Waals surface area contributed by atoms with Gasteiger partial charge in [0.15, 0.2) is 0 Å². The lowest BCUT2D eigenvalue weighted by Crippen LogP contribution is -2.51. The Morgan fingerprint density at radius 2 is 1.87 bits per heavy atom. The maximum absolute atomic E-state index is 12.2. The van der Waals surface area contributed by atoms with Crippen molar-refractivity contribution in [2.45, 2.75) is 37.2 Å². The third-order valence-corrected chi connectivity index (χ3v) is 7.30. The summed E-state index contributed by atoms with van der Waals surface area (Å²) in [5.74, 6) is 1.11. The van der Waals surface area contributed by atoms with Crippen LogP contribution in [0.15, 0.2) is 59.2 Å². The molecule has 1 aromatic heterocycles. The molecule has 4 rings (SSSR count). The van der Waals surface area contributed by atoms with E-state index in [9.17, 15) is 5.11 Å². The highest BCUT2D eigenvalue weighted by atomic mass is 35.5. The average Bonchev–Trinajstić information content (AvgIpc) is 3.24. The fourth-order valence-electron chi connectivity index (χ4n) is 5.10. The standard InChI is InChI=1S/C25H33ClN2O2/c1-19-23(24-7-4-16-30-24)6-3-5-21(18-28-14-12-27(2)13-15-28)25(19,29)17-20-8-10-22(26)11-9-20/h4,7-11,16,21,23,29H,1,3,5-6,12-15,17-18H2,2H3. The molecular weight excluding hydrogens is 396 g/mol. The molecule has 0 spiro atoms. The van der Waals surface area contributed by atoms with E-state index in [1.165, 1.54) is 0 Å². The molecule has 1 aromatic carbocycles. The molecule has 0 bridgehead atoms.